The first kappa shape index (κ1) is 21.5. The maximum Gasteiger partial charge on any atom is 0.416 e. The van der Waals surface area contributed by atoms with Gasteiger partial charge in [0, 0.05) is 24.5 Å². The fraction of sp³-hybridized carbons (Fsp3) is 0.312. The molecule has 0 atom stereocenters. The van der Waals surface area contributed by atoms with E-state index in [2.05, 4.69) is 14.7 Å². The molecule has 0 spiro atoms. The van der Waals surface area contributed by atoms with E-state index in [4.69, 9.17) is 0 Å². The predicted octanol–water partition coefficient (Wildman–Crippen LogP) is 2.78. The molecule has 2 rings (SSSR count). The summed E-state index contributed by atoms with van der Waals surface area (Å²) in [4.78, 5) is 19.3. The molecule has 0 N–H and O–H groups in total. The number of alkyl halides is 3. The molecule has 0 saturated heterocycles. The molecule has 152 valence electrons. The van der Waals surface area contributed by atoms with Crippen LogP contribution in [-0.4, -0.2) is 38.0 Å². The van der Waals surface area contributed by atoms with Gasteiger partial charge in [0.15, 0.2) is 11.5 Å². The van der Waals surface area contributed by atoms with E-state index in [1.807, 2.05) is 0 Å². The fourth-order valence-electron chi connectivity index (χ4n) is 2.46. The van der Waals surface area contributed by atoms with E-state index in [0.717, 1.165) is 31.6 Å². The monoisotopic (exact) mass is 421 g/mol. The molecule has 0 saturated carbocycles. The fourth-order valence-corrected chi connectivity index (χ4v) is 4.07. The third kappa shape index (κ3) is 4.38. The second-order valence-corrected chi connectivity index (χ2v) is 7.30. The van der Waals surface area contributed by atoms with Crippen LogP contribution in [0.25, 0.3) is 0 Å². The number of carbonyl (C=O) groups is 1. The average molecular weight is 421 g/mol. The van der Waals surface area contributed by atoms with Crippen LogP contribution in [0.2, 0.25) is 0 Å². The topological polar surface area (TPSA) is 89.5 Å². The third-order valence-corrected chi connectivity index (χ3v) is 5.42. The second kappa shape index (κ2) is 8.09. The lowest BCUT2D eigenvalue weighted by Crippen LogP contribution is -2.35. The number of aromatic nitrogens is 2. The highest BCUT2D eigenvalue weighted by atomic mass is 32.2. The van der Waals surface area contributed by atoms with Gasteiger partial charge in [0.1, 0.15) is 5.82 Å². The van der Waals surface area contributed by atoms with Gasteiger partial charge in [-0.1, -0.05) is 6.07 Å². The highest BCUT2D eigenvalue weighted by molar-refractivity contribution is 7.92. The molecule has 0 bridgehead atoms. The maximum atomic E-state index is 14.1. The summed E-state index contributed by atoms with van der Waals surface area (Å²) in [6, 6.07) is 2.16. The van der Waals surface area contributed by atoms with Crippen LogP contribution in [0.5, 0.6) is 0 Å². The zero-order valence-corrected chi connectivity index (χ0v) is 15.5. The van der Waals surface area contributed by atoms with Gasteiger partial charge in [-0.15, -0.1) is 0 Å². The van der Waals surface area contributed by atoms with E-state index in [1.165, 1.54) is 6.92 Å². The molecule has 2 aromatic rings. The number of halogens is 4. The van der Waals surface area contributed by atoms with Crippen molar-refractivity contribution in [3.63, 3.8) is 0 Å². The molecule has 0 radical (unpaired) electrons. The Kier molecular flexibility index (Phi) is 6.22. The summed E-state index contributed by atoms with van der Waals surface area (Å²) in [5.74, 6) is -4.03. The molecule has 0 amide bonds. The Morgan fingerprint density at radius 3 is 2.43 bits per heavy atom. The molecule has 28 heavy (non-hydrogen) atoms. The van der Waals surface area contributed by atoms with Gasteiger partial charge in [0.2, 0.25) is 10.0 Å². The second-order valence-electron chi connectivity index (χ2n) is 5.40. The lowest BCUT2D eigenvalue weighted by Gasteiger charge is -2.24. The summed E-state index contributed by atoms with van der Waals surface area (Å²) in [5.41, 5.74) is -2.88. The number of sulfonamides is 1. The number of carbonyl (C=O) groups excluding carboxylic acids is 1. The van der Waals surface area contributed by atoms with Crippen molar-refractivity contribution in [2.24, 2.45) is 0 Å². The van der Waals surface area contributed by atoms with Crippen LogP contribution in [0.15, 0.2) is 30.6 Å². The summed E-state index contributed by atoms with van der Waals surface area (Å²) >= 11 is 0. The number of nitrogens with zero attached hydrogens (tertiary/aromatic N) is 3. The van der Waals surface area contributed by atoms with Gasteiger partial charge in [-0.3, -0.25) is 4.31 Å². The van der Waals surface area contributed by atoms with Crippen molar-refractivity contribution < 1.29 is 35.5 Å². The van der Waals surface area contributed by atoms with Crippen molar-refractivity contribution in [3.05, 3.63) is 53.2 Å². The molecular weight excluding hydrogens is 406 g/mol. The number of hydrogen-bond acceptors (Lipinski definition) is 6. The first-order valence-corrected chi connectivity index (χ1v) is 9.38. The standard InChI is InChI=1S/C16H15F4N3O4S/c1-3-23(14-13(15(24)27-2)21-7-8-22-14)28(25,26)9-10-11(16(18,19)20)5-4-6-12(10)17/h4-8H,3,9H2,1-2H3. The van der Waals surface area contributed by atoms with Crippen LogP contribution in [0.4, 0.5) is 23.4 Å². The Labute approximate surface area is 158 Å². The third-order valence-electron chi connectivity index (χ3n) is 3.67. The Bertz CT molecular complexity index is 980. The van der Waals surface area contributed by atoms with Crippen LogP contribution in [0.1, 0.15) is 28.5 Å². The largest absolute Gasteiger partial charge is 0.464 e. The van der Waals surface area contributed by atoms with E-state index in [0.29, 0.717) is 10.4 Å². The van der Waals surface area contributed by atoms with Gasteiger partial charge in [0.25, 0.3) is 0 Å². The molecular formula is C16H15F4N3O4S. The molecule has 0 aliphatic carbocycles. The number of benzene rings is 1. The molecule has 1 aromatic heterocycles. The Morgan fingerprint density at radius 1 is 1.21 bits per heavy atom. The number of esters is 1. The molecule has 0 aliphatic rings. The van der Waals surface area contributed by atoms with Crippen LogP contribution in [-0.2, 0) is 26.7 Å². The zero-order chi connectivity index (χ0) is 21.1. The summed E-state index contributed by atoms with van der Waals surface area (Å²) in [6.07, 6.45) is -2.73. The Morgan fingerprint density at radius 2 is 1.86 bits per heavy atom. The van der Waals surface area contributed by atoms with Crippen molar-refractivity contribution in [1.82, 2.24) is 9.97 Å². The number of methoxy groups -OCH3 is 1. The van der Waals surface area contributed by atoms with Crippen molar-refractivity contribution in [2.75, 3.05) is 18.0 Å². The molecule has 0 unspecified atom stereocenters. The van der Waals surface area contributed by atoms with Gasteiger partial charge >= 0.3 is 12.1 Å². The lowest BCUT2D eigenvalue weighted by molar-refractivity contribution is -0.138. The van der Waals surface area contributed by atoms with E-state index in [1.54, 1.807) is 0 Å². The molecule has 0 fully saturated rings. The van der Waals surface area contributed by atoms with Crippen molar-refractivity contribution in [1.29, 1.82) is 0 Å². The van der Waals surface area contributed by atoms with Crippen LogP contribution in [0, 0.1) is 5.82 Å². The minimum absolute atomic E-state index is 0.291. The first-order chi connectivity index (χ1) is 13.0. The van der Waals surface area contributed by atoms with Gasteiger partial charge in [-0.05, 0) is 19.1 Å². The van der Waals surface area contributed by atoms with E-state index >= 15 is 0 Å². The van der Waals surface area contributed by atoms with Gasteiger partial charge < -0.3 is 4.74 Å². The van der Waals surface area contributed by atoms with E-state index in [9.17, 15) is 30.8 Å². The maximum absolute atomic E-state index is 14.1. The summed E-state index contributed by atoms with van der Waals surface area (Å²) in [7, 11) is -3.52. The smallest absolute Gasteiger partial charge is 0.416 e. The zero-order valence-electron chi connectivity index (χ0n) is 14.7. The number of hydrogen-bond donors (Lipinski definition) is 0. The molecule has 7 nitrogen and oxygen atoms in total. The van der Waals surface area contributed by atoms with Crippen LogP contribution < -0.4 is 4.31 Å². The normalized spacial score (nSPS) is 11.9. The van der Waals surface area contributed by atoms with Crippen molar-refractivity contribution in [2.45, 2.75) is 18.9 Å². The molecule has 0 aliphatic heterocycles. The van der Waals surface area contributed by atoms with E-state index in [-0.39, 0.29) is 6.54 Å². The number of rotatable bonds is 6. The van der Waals surface area contributed by atoms with Crippen molar-refractivity contribution >= 4 is 21.8 Å². The highest BCUT2D eigenvalue weighted by Crippen LogP contribution is 2.34. The Hall–Kier alpha value is -2.76. The minimum atomic E-state index is -4.95. The summed E-state index contributed by atoms with van der Waals surface area (Å²) < 4.78 is 84.2. The van der Waals surface area contributed by atoms with Gasteiger partial charge in [0.05, 0.1) is 18.4 Å². The number of ether oxygens (including phenoxy) is 1. The SMILES string of the molecule is CCN(c1nccnc1C(=O)OC)S(=O)(=O)Cc1c(F)cccc1C(F)(F)F. The van der Waals surface area contributed by atoms with Crippen LogP contribution in [0.3, 0.4) is 0 Å². The lowest BCUT2D eigenvalue weighted by atomic mass is 10.1. The number of anilines is 1. The molecule has 1 heterocycles. The summed E-state index contributed by atoms with van der Waals surface area (Å²) in [5, 5.41) is 0. The van der Waals surface area contributed by atoms with E-state index < -0.39 is 56.4 Å². The highest BCUT2D eigenvalue weighted by Gasteiger charge is 2.37. The van der Waals surface area contributed by atoms with Crippen LogP contribution >= 0.6 is 0 Å². The Balaban J connectivity index is 2.55. The summed E-state index contributed by atoms with van der Waals surface area (Å²) in [6.45, 7) is 1.08. The quantitative estimate of drug-likeness (QED) is 0.526. The predicted molar refractivity (Wildman–Crippen MR) is 90.4 cm³/mol. The van der Waals surface area contributed by atoms with Gasteiger partial charge in [-0.2, -0.15) is 13.2 Å². The average Bonchev–Trinajstić information content (AvgIpc) is 2.62. The molecule has 1 aromatic carbocycles. The first-order valence-electron chi connectivity index (χ1n) is 7.77. The van der Waals surface area contributed by atoms with Crippen molar-refractivity contribution in [3.8, 4) is 0 Å². The molecule has 12 heteroatoms. The minimum Gasteiger partial charge on any atom is -0.464 e. The van der Waals surface area contributed by atoms with Gasteiger partial charge in [-0.25, -0.2) is 27.6 Å².